The molecule has 0 saturated heterocycles. The number of azo groups is 2. The van der Waals surface area contributed by atoms with E-state index in [-0.39, 0.29) is 70.6 Å². The summed E-state index contributed by atoms with van der Waals surface area (Å²) in [5.74, 6) is 0.572. The molecule has 20 nitrogen and oxygen atoms in total. The molecule has 5 rings (SSSR count). The van der Waals surface area contributed by atoms with E-state index in [9.17, 15) is 10.2 Å². The van der Waals surface area contributed by atoms with Crippen molar-refractivity contribution < 1.29 is 50.8 Å². The molecule has 57 heavy (non-hydrogen) atoms. The van der Waals surface area contributed by atoms with Gasteiger partial charge in [0.1, 0.15) is 26.4 Å². The maximum atomic E-state index is 9.71. The minimum Gasteiger partial charge on any atom is -0.395 e. The molecular weight excluding hydrogens is 744 g/mol. The molecule has 5 aromatic rings. The van der Waals surface area contributed by atoms with Gasteiger partial charge >= 0.3 is 0 Å². The number of nitrogens with zero attached hydrogens (tertiary/aromatic N) is 8. The van der Waals surface area contributed by atoms with Gasteiger partial charge in [0.25, 0.3) is 0 Å². The summed E-state index contributed by atoms with van der Waals surface area (Å²) in [6, 6.07) is 20.8. The predicted octanol–water partition coefficient (Wildman–Crippen LogP) is 7.56. The molecule has 1 heterocycles. The maximum Gasteiger partial charge on any atom is 0.233 e. The molecule has 20 heteroatoms. The van der Waals surface area contributed by atoms with E-state index >= 15 is 0 Å². The smallest absolute Gasteiger partial charge is 0.233 e. The van der Waals surface area contributed by atoms with Crippen LogP contribution in [0.25, 0.3) is 0 Å². The summed E-state index contributed by atoms with van der Waals surface area (Å²) in [7, 11) is 0. The van der Waals surface area contributed by atoms with Crippen LogP contribution in [-0.2, 0) is 46.0 Å². The molecule has 0 aliphatic heterocycles. The molecule has 1 aromatic heterocycles. The highest BCUT2D eigenvalue weighted by Crippen LogP contribution is 2.30. The topological polar surface area (TPSA) is 274 Å². The lowest BCUT2D eigenvalue weighted by molar-refractivity contribution is -0.254. The Labute approximate surface area is 326 Å². The molecule has 8 N–H and O–H groups in total. The zero-order valence-electron chi connectivity index (χ0n) is 31.0. The first-order valence-electron chi connectivity index (χ1n) is 17.4. The number of rotatable bonds is 21. The summed E-state index contributed by atoms with van der Waals surface area (Å²) in [5.41, 5.74) is 7.29. The molecule has 0 radical (unpaired) electrons. The second-order valence-corrected chi connectivity index (χ2v) is 12.5. The van der Waals surface area contributed by atoms with E-state index in [1.165, 1.54) is 0 Å². The number of anilines is 5. The third-order valence-electron chi connectivity index (χ3n) is 8.10. The van der Waals surface area contributed by atoms with Crippen molar-refractivity contribution in [3.63, 3.8) is 0 Å². The number of aryl methyl sites for hydroxylation is 2. The van der Waals surface area contributed by atoms with Gasteiger partial charge < -0.3 is 25.7 Å². The van der Waals surface area contributed by atoms with Crippen LogP contribution in [0.15, 0.2) is 93.3 Å². The second kappa shape index (κ2) is 21.4. The Morgan fingerprint density at radius 3 is 1.25 bits per heavy atom. The SMILES string of the molecule is Cc1cc(Nc2nc(Nc3ccc(N=Nc4cc(COO)cc(COO)c4)c(C)c3)nc(N(CCO)CCO)n2)ccc1N=Nc1cc(COO)cc(COO)c1. The van der Waals surface area contributed by atoms with Gasteiger partial charge in [0.2, 0.25) is 17.8 Å². The van der Waals surface area contributed by atoms with Crippen molar-refractivity contribution >= 4 is 52.0 Å². The Morgan fingerprint density at radius 2 is 0.912 bits per heavy atom. The molecule has 0 aliphatic rings. The van der Waals surface area contributed by atoms with Crippen LogP contribution in [0, 0.1) is 13.8 Å². The summed E-state index contributed by atoms with van der Waals surface area (Å²) in [6.45, 7) is 3.30. The number of aliphatic hydroxyl groups is 2. The molecule has 0 atom stereocenters. The van der Waals surface area contributed by atoms with Gasteiger partial charge in [-0.3, -0.25) is 21.0 Å². The van der Waals surface area contributed by atoms with Crippen molar-refractivity contribution in [3.05, 3.63) is 106 Å². The molecular formula is C37H42N10O10. The van der Waals surface area contributed by atoms with Gasteiger partial charge in [-0.05, 0) is 108 Å². The molecule has 0 fully saturated rings. The highest BCUT2D eigenvalue weighted by atomic mass is 17.1. The average Bonchev–Trinajstić information content (AvgIpc) is 3.17. The molecule has 0 bridgehead atoms. The van der Waals surface area contributed by atoms with Crippen molar-refractivity contribution in [2.45, 2.75) is 40.3 Å². The molecule has 0 spiro atoms. The lowest BCUT2D eigenvalue weighted by Crippen LogP contribution is -2.31. The minimum atomic E-state index is -0.201. The van der Waals surface area contributed by atoms with Crippen molar-refractivity contribution in [2.75, 3.05) is 41.8 Å². The standard InChI is InChI=1S/C37H42N10O10/c1-23-11-29(3-5-33(23)45-43-31-15-25(19-54-50)13-26(16-31)20-55-51)38-35-40-36(42-37(41-35)47(7-9-48)8-10-49)39-30-4-6-34(24(2)12-30)46-44-32-17-27(21-56-52)14-28(18-32)22-57-53/h3-6,11-18,48-53H,7-10,19-22H2,1-2H3,(H2,38,39,40,41,42). The number of hydrogen-bond acceptors (Lipinski definition) is 20. The first-order valence-corrected chi connectivity index (χ1v) is 17.4. The third-order valence-corrected chi connectivity index (χ3v) is 8.10. The lowest BCUT2D eigenvalue weighted by Gasteiger charge is -2.21. The highest BCUT2D eigenvalue weighted by molar-refractivity contribution is 5.65. The van der Waals surface area contributed by atoms with Gasteiger partial charge in [-0.25, -0.2) is 19.6 Å². The number of nitrogens with one attached hydrogen (secondary N) is 2. The number of aromatic nitrogens is 3. The van der Waals surface area contributed by atoms with Crippen molar-refractivity contribution in [2.24, 2.45) is 20.5 Å². The van der Waals surface area contributed by atoms with E-state index in [1.807, 2.05) is 26.0 Å². The fourth-order valence-corrected chi connectivity index (χ4v) is 5.58. The Bertz CT molecular complexity index is 1960. The van der Waals surface area contributed by atoms with Crippen molar-refractivity contribution in [3.8, 4) is 0 Å². The fraction of sp³-hybridized carbons (Fsp3) is 0.270. The Morgan fingerprint density at radius 1 is 0.526 bits per heavy atom. The zero-order valence-corrected chi connectivity index (χ0v) is 31.0. The Balaban J connectivity index is 1.37. The summed E-state index contributed by atoms with van der Waals surface area (Å²) in [4.78, 5) is 32.3. The molecule has 0 unspecified atom stereocenters. The van der Waals surface area contributed by atoms with E-state index in [2.05, 4.69) is 65.6 Å². The quantitative estimate of drug-likeness (QED) is 0.0202. The summed E-state index contributed by atoms with van der Waals surface area (Å²) in [5, 5.41) is 78.7. The van der Waals surface area contributed by atoms with E-state index in [1.54, 1.807) is 65.6 Å². The van der Waals surface area contributed by atoms with Crippen LogP contribution in [0.3, 0.4) is 0 Å². The lowest BCUT2D eigenvalue weighted by atomic mass is 10.1. The van der Waals surface area contributed by atoms with Gasteiger partial charge in [-0.1, -0.05) is 12.1 Å². The fourth-order valence-electron chi connectivity index (χ4n) is 5.58. The van der Waals surface area contributed by atoms with Crippen LogP contribution in [0.2, 0.25) is 0 Å². The van der Waals surface area contributed by atoms with Crippen LogP contribution < -0.4 is 15.5 Å². The summed E-state index contributed by atoms with van der Waals surface area (Å²) < 4.78 is 0. The van der Waals surface area contributed by atoms with Gasteiger partial charge in [-0.2, -0.15) is 35.4 Å². The summed E-state index contributed by atoms with van der Waals surface area (Å²) >= 11 is 0. The van der Waals surface area contributed by atoms with Crippen molar-refractivity contribution in [1.29, 1.82) is 0 Å². The monoisotopic (exact) mass is 786 g/mol. The van der Waals surface area contributed by atoms with Crippen LogP contribution in [0.5, 0.6) is 0 Å². The zero-order chi connectivity index (χ0) is 40.6. The van der Waals surface area contributed by atoms with E-state index < -0.39 is 0 Å². The highest BCUT2D eigenvalue weighted by Gasteiger charge is 2.15. The van der Waals surface area contributed by atoms with Gasteiger partial charge in [0, 0.05) is 24.5 Å². The first kappa shape index (κ1) is 42.2. The van der Waals surface area contributed by atoms with Gasteiger partial charge in [0.15, 0.2) is 0 Å². The predicted molar refractivity (Wildman–Crippen MR) is 206 cm³/mol. The molecule has 0 amide bonds. The minimum absolute atomic E-state index is 0.0837. The third kappa shape index (κ3) is 12.5. The van der Waals surface area contributed by atoms with Crippen LogP contribution >= 0.6 is 0 Å². The van der Waals surface area contributed by atoms with Crippen LogP contribution in [0.4, 0.5) is 52.0 Å². The molecule has 300 valence electrons. The van der Waals surface area contributed by atoms with E-state index in [0.29, 0.717) is 56.4 Å². The van der Waals surface area contributed by atoms with Gasteiger partial charge in [0.05, 0.1) is 36.0 Å². The normalized spacial score (nSPS) is 11.5. The Hall–Kier alpha value is -5.91. The molecule has 0 aliphatic carbocycles. The second-order valence-electron chi connectivity index (χ2n) is 12.5. The van der Waals surface area contributed by atoms with Crippen molar-refractivity contribution in [1.82, 2.24) is 15.0 Å². The van der Waals surface area contributed by atoms with Gasteiger partial charge in [-0.15, -0.1) is 0 Å². The largest absolute Gasteiger partial charge is 0.395 e. The maximum absolute atomic E-state index is 9.71. The van der Waals surface area contributed by atoms with Crippen LogP contribution in [0.1, 0.15) is 33.4 Å². The van der Waals surface area contributed by atoms with E-state index in [4.69, 9.17) is 21.0 Å². The molecule has 4 aromatic carbocycles. The molecule has 0 saturated carbocycles. The summed E-state index contributed by atoms with van der Waals surface area (Å²) in [6.07, 6.45) is 0. The number of hydrogen-bond donors (Lipinski definition) is 8. The average molecular weight is 787 g/mol. The first-order chi connectivity index (χ1) is 27.7. The number of benzene rings is 4. The Kier molecular flexibility index (Phi) is 15.9. The van der Waals surface area contributed by atoms with E-state index in [0.717, 1.165) is 11.1 Å². The number of aliphatic hydroxyl groups excluding tert-OH is 2. The van der Waals surface area contributed by atoms with Crippen LogP contribution in [-0.4, -0.2) is 72.5 Å².